The summed E-state index contributed by atoms with van der Waals surface area (Å²) in [5.41, 5.74) is 8.72. The molecule has 0 saturated carbocycles. The number of aryl methyl sites for hydroxylation is 1. The molecule has 3 heteroatoms. The lowest BCUT2D eigenvalue weighted by Gasteiger charge is -2.33. The van der Waals surface area contributed by atoms with Crippen LogP contribution in [0, 0.1) is 12.3 Å². The lowest BCUT2D eigenvalue weighted by Crippen LogP contribution is -2.43. The zero-order chi connectivity index (χ0) is 15.5. The van der Waals surface area contributed by atoms with Crippen LogP contribution >= 0.6 is 0 Å². The van der Waals surface area contributed by atoms with Crippen molar-refractivity contribution in [1.29, 1.82) is 0 Å². The van der Waals surface area contributed by atoms with Gasteiger partial charge in [-0.3, -0.25) is 4.90 Å². The maximum atomic E-state index is 6.11. The third kappa shape index (κ3) is 4.45. The number of rotatable bonds is 7. The van der Waals surface area contributed by atoms with Crippen molar-refractivity contribution in [2.45, 2.75) is 46.6 Å². The minimum absolute atomic E-state index is 0.164. The highest BCUT2D eigenvalue weighted by Crippen LogP contribution is 2.30. The van der Waals surface area contributed by atoms with Gasteiger partial charge in [-0.2, -0.15) is 0 Å². The summed E-state index contributed by atoms with van der Waals surface area (Å²) in [6.45, 7) is 12.7. The molecule has 0 saturated heterocycles. The van der Waals surface area contributed by atoms with Gasteiger partial charge < -0.3 is 10.5 Å². The van der Waals surface area contributed by atoms with Crippen LogP contribution in [-0.4, -0.2) is 37.2 Å². The van der Waals surface area contributed by atoms with Crippen molar-refractivity contribution < 1.29 is 4.74 Å². The van der Waals surface area contributed by atoms with Crippen molar-refractivity contribution in [1.82, 2.24) is 4.90 Å². The van der Waals surface area contributed by atoms with Crippen molar-refractivity contribution in [3.8, 4) is 5.75 Å². The van der Waals surface area contributed by atoms with E-state index >= 15 is 0 Å². The molecule has 1 aliphatic rings. The van der Waals surface area contributed by atoms with Crippen LogP contribution in [0.1, 0.15) is 38.3 Å². The van der Waals surface area contributed by atoms with Gasteiger partial charge in [0.2, 0.25) is 0 Å². The number of hydrogen-bond acceptors (Lipinski definition) is 3. The average molecular weight is 290 g/mol. The first-order chi connectivity index (χ1) is 9.93. The van der Waals surface area contributed by atoms with Gasteiger partial charge in [0.1, 0.15) is 11.9 Å². The Kier molecular flexibility index (Phi) is 5.28. The molecule has 0 spiro atoms. The Hall–Kier alpha value is -1.06. The largest absolute Gasteiger partial charge is 0.488 e. The Morgan fingerprint density at radius 1 is 1.38 bits per heavy atom. The second-order valence-electron chi connectivity index (χ2n) is 7.16. The number of benzene rings is 1. The Morgan fingerprint density at radius 2 is 2.14 bits per heavy atom. The predicted octanol–water partition coefficient (Wildman–Crippen LogP) is 3.00. The highest BCUT2D eigenvalue weighted by Gasteiger charge is 2.27. The molecule has 1 unspecified atom stereocenters. The lowest BCUT2D eigenvalue weighted by molar-refractivity contribution is 0.117. The van der Waals surface area contributed by atoms with Crippen LogP contribution in [-0.2, 0) is 6.42 Å². The molecule has 2 N–H and O–H groups in total. The van der Waals surface area contributed by atoms with E-state index in [0.29, 0.717) is 0 Å². The second kappa shape index (κ2) is 6.80. The minimum atomic E-state index is 0.164. The summed E-state index contributed by atoms with van der Waals surface area (Å²) in [7, 11) is 0. The Bertz CT molecular complexity index is 470. The van der Waals surface area contributed by atoms with Crippen LogP contribution in [0.25, 0.3) is 0 Å². The molecule has 0 radical (unpaired) electrons. The first-order valence-corrected chi connectivity index (χ1v) is 8.12. The predicted molar refractivity (Wildman–Crippen MR) is 88.9 cm³/mol. The van der Waals surface area contributed by atoms with E-state index in [1.54, 1.807) is 0 Å². The molecule has 118 valence electrons. The van der Waals surface area contributed by atoms with Gasteiger partial charge in [-0.05, 0) is 43.5 Å². The van der Waals surface area contributed by atoms with Gasteiger partial charge in [0.25, 0.3) is 0 Å². The Balaban J connectivity index is 1.96. The molecule has 0 amide bonds. The molecule has 0 aromatic heterocycles. The zero-order valence-electron chi connectivity index (χ0n) is 14.0. The fourth-order valence-electron chi connectivity index (χ4n) is 3.06. The van der Waals surface area contributed by atoms with Crippen LogP contribution < -0.4 is 10.5 Å². The maximum Gasteiger partial charge on any atom is 0.123 e. The zero-order valence-corrected chi connectivity index (χ0v) is 14.0. The quantitative estimate of drug-likeness (QED) is 0.839. The summed E-state index contributed by atoms with van der Waals surface area (Å²) in [6.07, 6.45) is 2.47. The molecule has 2 rings (SSSR count). The smallest absolute Gasteiger partial charge is 0.123 e. The number of nitrogens with zero attached hydrogens (tertiary/aromatic N) is 1. The van der Waals surface area contributed by atoms with Crippen molar-refractivity contribution in [3.63, 3.8) is 0 Å². The van der Waals surface area contributed by atoms with Crippen molar-refractivity contribution in [2.24, 2.45) is 11.1 Å². The van der Waals surface area contributed by atoms with Crippen molar-refractivity contribution in [2.75, 3.05) is 26.2 Å². The van der Waals surface area contributed by atoms with Gasteiger partial charge in [0.15, 0.2) is 0 Å². The van der Waals surface area contributed by atoms with Gasteiger partial charge in [0.05, 0.1) is 0 Å². The van der Waals surface area contributed by atoms with Gasteiger partial charge in [0, 0.05) is 19.5 Å². The highest BCUT2D eigenvalue weighted by atomic mass is 16.5. The van der Waals surface area contributed by atoms with Crippen LogP contribution in [0.4, 0.5) is 0 Å². The SMILES string of the molecule is CCCN(CC1Cc2cc(C)ccc2O1)CC(C)(C)CN. The first kappa shape index (κ1) is 16.3. The molecule has 1 aromatic carbocycles. The van der Waals surface area contributed by atoms with Gasteiger partial charge >= 0.3 is 0 Å². The summed E-state index contributed by atoms with van der Waals surface area (Å²) in [5, 5.41) is 0. The topological polar surface area (TPSA) is 38.5 Å². The summed E-state index contributed by atoms with van der Waals surface area (Å²) >= 11 is 0. The first-order valence-electron chi connectivity index (χ1n) is 8.12. The minimum Gasteiger partial charge on any atom is -0.488 e. The monoisotopic (exact) mass is 290 g/mol. The van der Waals surface area contributed by atoms with E-state index < -0.39 is 0 Å². The molecule has 1 aliphatic heterocycles. The molecular formula is C18H30N2O. The molecule has 1 atom stereocenters. The molecule has 0 bridgehead atoms. The standard InChI is InChI=1S/C18H30N2O/c1-5-8-20(13-18(3,4)12-19)11-16-10-15-9-14(2)6-7-17(15)21-16/h6-7,9,16H,5,8,10-13,19H2,1-4H3. The molecule has 1 heterocycles. The summed E-state index contributed by atoms with van der Waals surface area (Å²) < 4.78 is 6.11. The maximum absolute atomic E-state index is 6.11. The summed E-state index contributed by atoms with van der Waals surface area (Å²) in [4.78, 5) is 2.51. The third-order valence-electron chi connectivity index (χ3n) is 4.16. The van der Waals surface area contributed by atoms with E-state index in [1.807, 2.05) is 0 Å². The molecule has 0 aliphatic carbocycles. The number of hydrogen-bond donors (Lipinski definition) is 1. The van der Waals surface area contributed by atoms with E-state index in [9.17, 15) is 0 Å². The van der Waals surface area contributed by atoms with E-state index in [2.05, 4.69) is 50.8 Å². The average Bonchev–Trinajstić information content (AvgIpc) is 2.79. The lowest BCUT2D eigenvalue weighted by atomic mass is 9.92. The van der Waals surface area contributed by atoms with E-state index in [-0.39, 0.29) is 11.5 Å². The van der Waals surface area contributed by atoms with E-state index in [0.717, 1.165) is 38.3 Å². The van der Waals surface area contributed by atoms with Crippen molar-refractivity contribution in [3.05, 3.63) is 29.3 Å². The van der Waals surface area contributed by atoms with Crippen LogP contribution in [0.3, 0.4) is 0 Å². The van der Waals surface area contributed by atoms with Gasteiger partial charge in [-0.15, -0.1) is 0 Å². The Labute approximate surface area is 129 Å². The fraction of sp³-hybridized carbons (Fsp3) is 0.667. The molecule has 1 aromatic rings. The number of fused-ring (bicyclic) bond motifs is 1. The summed E-state index contributed by atoms with van der Waals surface area (Å²) in [5.74, 6) is 1.07. The van der Waals surface area contributed by atoms with Gasteiger partial charge in [-0.1, -0.05) is 38.5 Å². The van der Waals surface area contributed by atoms with Crippen LogP contribution in [0.15, 0.2) is 18.2 Å². The number of nitrogens with two attached hydrogens (primary N) is 1. The highest BCUT2D eigenvalue weighted by molar-refractivity contribution is 5.40. The molecule has 0 fully saturated rings. The van der Waals surface area contributed by atoms with Crippen LogP contribution in [0.5, 0.6) is 5.75 Å². The second-order valence-corrected chi connectivity index (χ2v) is 7.16. The van der Waals surface area contributed by atoms with E-state index in [4.69, 9.17) is 10.5 Å². The van der Waals surface area contributed by atoms with Crippen LogP contribution in [0.2, 0.25) is 0 Å². The number of ether oxygens (including phenoxy) is 1. The fourth-order valence-corrected chi connectivity index (χ4v) is 3.06. The third-order valence-corrected chi connectivity index (χ3v) is 4.16. The van der Waals surface area contributed by atoms with Gasteiger partial charge in [-0.25, -0.2) is 0 Å². The normalized spacial score (nSPS) is 17.9. The molecule has 21 heavy (non-hydrogen) atoms. The van der Waals surface area contributed by atoms with Crippen molar-refractivity contribution >= 4 is 0 Å². The molecule has 3 nitrogen and oxygen atoms in total. The molecular weight excluding hydrogens is 260 g/mol. The Morgan fingerprint density at radius 3 is 2.81 bits per heavy atom. The van der Waals surface area contributed by atoms with E-state index in [1.165, 1.54) is 17.5 Å². The summed E-state index contributed by atoms with van der Waals surface area (Å²) in [6, 6.07) is 6.49.